The second kappa shape index (κ2) is 7.54. The second-order valence-electron chi connectivity index (χ2n) is 6.18. The van der Waals surface area contributed by atoms with Crippen LogP contribution in [0.1, 0.15) is 32.6 Å². The normalized spacial score (nSPS) is 23.6. The molecule has 1 unspecified atom stereocenters. The Morgan fingerprint density at radius 1 is 1.38 bits per heavy atom. The Labute approximate surface area is 127 Å². The van der Waals surface area contributed by atoms with Crippen molar-refractivity contribution < 1.29 is 19.0 Å². The van der Waals surface area contributed by atoms with E-state index in [9.17, 15) is 4.79 Å². The van der Waals surface area contributed by atoms with Crippen molar-refractivity contribution in [2.45, 2.75) is 50.5 Å². The lowest BCUT2D eigenvalue weighted by Crippen LogP contribution is -2.47. The zero-order chi connectivity index (χ0) is 15.3. The van der Waals surface area contributed by atoms with Crippen molar-refractivity contribution in [3.05, 3.63) is 0 Å². The number of carbonyl (C=O) groups is 1. The number of hydrogen-bond donors (Lipinski definition) is 1. The third kappa shape index (κ3) is 4.64. The molecule has 122 valence electrons. The quantitative estimate of drug-likeness (QED) is 0.784. The van der Waals surface area contributed by atoms with E-state index in [0.717, 1.165) is 25.7 Å². The Bertz CT molecular complexity index is 335. The molecule has 2 fully saturated rings. The molecule has 0 aromatic heterocycles. The van der Waals surface area contributed by atoms with E-state index >= 15 is 0 Å². The van der Waals surface area contributed by atoms with Gasteiger partial charge in [-0.05, 0) is 26.8 Å². The highest BCUT2D eigenvalue weighted by molar-refractivity contribution is 5.78. The van der Waals surface area contributed by atoms with Crippen LogP contribution < -0.4 is 5.32 Å². The van der Waals surface area contributed by atoms with Gasteiger partial charge in [-0.3, -0.25) is 9.69 Å². The van der Waals surface area contributed by atoms with Crippen molar-refractivity contribution in [3.63, 3.8) is 0 Å². The summed E-state index contributed by atoms with van der Waals surface area (Å²) in [7, 11) is 3.65. The first-order chi connectivity index (χ1) is 10.0. The van der Waals surface area contributed by atoms with Crippen molar-refractivity contribution in [3.8, 4) is 0 Å². The molecule has 1 saturated heterocycles. The van der Waals surface area contributed by atoms with E-state index in [1.54, 1.807) is 7.11 Å². The summed E-state index contributed by atoms with van der Waals surface area (Å²) in [5, 5.41) is 2.94. The molecular weight excluding hydrogens is 272 g/mol. The van der Waals surface area contributed by atoms with Crippen LogP contribution >= 0.6 is 0 Å². The summed E-state index contributed by atoms with van der Waals surface area (Å²) < 4.78 is 16.5. The van der Waals surface area contributed by atoms with Crippen LogP contribution in [0.3, 0.4) is 0 Å². The van der Waals surface area contributed by atoms with Gasteiger partial charge in [-0.2, -0.15) is 0 Å². The first-order valence-corrected chi connectivity index (χ1v) is 7.81. The van der Waals surface area contributed by atoms with Crippen LogP contribution in [-0.4, -0.2) is 69.2 Å². The summed E-state index contributed by atoms with van der Waals surface area (Å²) in [6, 6.07) is 0.470. The van der Waals surface area contributed by atoms with E-state index in [0.29, 0.717) is 32.4 Å². The minimum absolute atomic E-state index is 0.0470. The molecule has 2 aliphatic rings. The smallest absolute Gasteiger partial charge is 0.234 e. The van der Waals surface area contributed by atoms with Gasteiger partial charge in [0.1, 0.15) is 0 Å². The van der Waals surface area contributed by atoms with Crippen molar-refractivity contribution in [1.82, 2.24) is 10.2 Å². The molecule has 1 spiro atoms. The summed E-state index contributed by atoms with van der Waals surface area (Å²) in [6.45, 7) is 4.32. The lowest BCUT2D eigenvalue weighted by molar-refractivity contribution is -0.183. The molecule has 0 aromatic rings. The SMILES string of the molecule is COCC(C)NC(=O)CN(C)C1CCC2(CC1)OCCO2. The lowest BCUT2D eigenvalue weighted by atomic mass is 9.89. The number of rotatable bonds is 6. The predicted molar refractivity (Wildman–Crippen MR) is 79.0 cm³/mol. The predicted octanol–water partition coefficient (Wildman–Crippen LogP) is 0.755. The summed E-state index contributed by atoms with van der Waals surface area (Å²) in [5.41, 5.74) is 0. The van der Waals surface area contributed by atoms with Crippen molar-refractivity contribution in [2.24, 2.45) is 0 Å². The maximum absolute atomic E-state index is 12.0. The summed E-state index contributed by atoms with van der Waals surface area (Å²) in [6.07, 6.45) is 3.86. The zero-order valence-corrected chi connectivity index (χ0v) is 13.4. The van der Waals surface area contributed by atoms with Crippen LogP contribution in [-0.2, 0) is 19.0 Å². The molecule has 1 heterocycles. The number of amides is 1. The molecule has 6 heteroatoms. The molecule has 0 aromatic carbocycles. The molecule has 1 atom stereocenters. The minimum atomic E-state index is -0.327. The van der Waals surface area contributed by atoms with E-state index in [4.69, 9.17) is 14.2 Å². The van der Waals surface area contributed by atoms with Gasteiger partial charge in [0.05, 0.1) is 26.4 Å². The summed E-state index contributed by atoms with van der Waals surface area (Å²) in [4.78, 5) is 14.1. The van der Waals surface area contributed by atoms with Gasteiger partial charge < -0.3 is 19.5 Å². The van der Waals surface area contributed by atoms with Gasteiger partial charge in [-0.15, -0.1) is 0 Å². The van der Waals surface area contributed by atoms with Crippen LogP contribution in [0, 0.1) is 0 Å². The van der Waals surface area contributed by atoms with Crippen LogP contribution in [0.25, 0.3) is 0 Å². The third-order valence-electron chi connectivity index (χ3n) is 4.37. The number of ether oxygens (including phenoxy) is 3. The molecule has 1 saturated carbocycles. The average Bonchev–Trinajstić information content (AvgIpc) is 2.87. The topological polar surface area (TPSA) is 60.0 Å². The van der Waals surface area contributed by atoms with Gasteiger partial charge in [-0.1, -0.05) is 0 Å². The maximum Gasteiger partial charge on any atom is 0.234 e. The molecule has 21 heavy (non-hydrogen) atoms. The van der Waals surface area contributed by atoms with E-state index in [1.807, 2.05) is 14.0 Å². The van der Waals surface area contributed by atoms with Crippen molar-refractivity contribution in [1.29, 1.82) is 0 Å². The zero-order valence-electron chi connectivity index (χ0n) is 13.4. The van der Waals surface area contributed by atoms with E-state index in [2.05, 4.69) is 10.2 Å². The maximum atomic E-state index is 12.0. The Morgan fingerprint density at radius 3 is 2.57 bits per heavy atom. The fourth-order valence-corrected chi connectivity index (χ4v) is 3.24. The number of hydrogen-bond acceptors (Lipinski definition) is 5. The first-order valence-electron chi connectivity index (χ1n) is 7.81. The number of methoxy groups -OCH3 is 1. The molecule has 1 aliphatic carbocycles. The fourth-order valence-electron chi connectivity index (χ4n) is 3.24. The lowest BCUT2D eigenvalue weighted by Gasteiger charge is -2.38. The first kappa shape index (κ1) is 16.7. The average molecular weight is 300 g/mol. The molecule has 1 amide bonds. The molecule has 2 rings (SSSR count). The van der Waals surface area contributed by atoms with Crippen LogP contribution in [0.15, 0.2) is 0 Å². The second-order valence-corrected chi connectivity index (χ2v) is 6.18. The minimum Gasteiger partial charge on any atom is -0.383 e. The van der Waals surface area contributed by atoms with E-state index < -0.39 is 0 Å². The molecule has 0 radical (unpaired) electrons. The van der Waals surface area contributed by atoms with Gasteiger partial charge in [-0.25, -0.2) is 0 Å². The van der Waals surface area contributed by atoms with Gasteiger partial charge >= 0.3 is 0 Å². The Balaban J connectivity index is 1.71. The molecule has 1 N–H and O–H groups in total. The standard InChI is InChI=1S/C15H28N2O4/c1-12(11-19-3)16-14(18)10-17(2)13-4-6-15(7-5-13)20-8-9-21-15/h12-13H,4-11H2,1-3H3,(H,16,18). The van der Waals surface area contributed by atoms with Gasteiger partial charge in [0.2, 0.25) is 5.91 Å². The van der Waals surface area contributed by atoms with Crippen molar-refractivity contribution >= 4 is 5.91 Å². The molecule has 6 nitrogen and oxygen atoms in total. The number of carbonyl (C=O) groups excluding carboxylic acids is 1. The van der Waals surface area contributed by atoms with E-state index in [-0.39, 0.29) is 17.7 Å². The number of likely N-dealkylation sites (N-methyl/N-ethyl adjacent to an activating group) is 1. The van der Waals surface area contributed by atoms with Crippen molar-refractivity contribution in [2.75, 3.05) is 40.5 Å². The fraction of sp³-hybridized carbons (Fsp3) is 0.933. The van der Waals surface area contributed by atoms with E-state index in [1.165, 1.54) is 0 Å². The largest absolute Gasteiger partial charge is 0.383 e. The number of nitrogens with zero attached hydrogens (tertiary/aromatic N) is 1. The monoisotopic (exact) mass is 300 g/mol. The molecule has 1 aliphatic heterocycles. The van der Waals surface area contributed by atoms with Gasteiger partial charge in [0.15, 0.2) is 5.79 Å². The van der Waals surface area contributed by atoms with Gasteiger partial charge in [0, 0.05) is 32.0 Å². The third-order valence-corrected chi connectivity index (χ3v) is 4.37. The van der Waals surface area contributed by atoms with Crippen LogP contribution in [0.4, 0.5) is 0 Å². The number of nitrogens with one attached hydrogen (secondary N) is 1. The summed E-state index contributed by atoms with van der Waals surface area (Å²) in [5.74, 6) is -0.275. The highest BCUT2D eigenvalue weighted by Gasteiger charge is 2.41. The highest BCUT2D eigenvalue weighted by atomic mass is 16.7. The summed E-state index contributed by atoms with van der Waals surface area (Å²) >= 11 is 0. The Kier molecular flexibility index (Phi) is 5.98. The van der Waals surface area contributed by atoms with Gasteiger partial charge in [0.25, 0.3) is 0 Å². The van der Waals surface area contributed by atoms with Crippen LogP contribution in [0.5, 0.6) is 0 Å². The molecule has 0 bridgehead atoms. The van der Waals surface area contributed by atoms with Crippen LogP contribution in [0.2, 0.25) is 0 Å². The Hall–Kier alpha value is -0.690. The Morgan fingerprint density at radius 2 is 2.00 bits per heavy atom. The molecular formula is C15H28N2O4. The highest BCUT2D eigenvalue weighted by Crippen LogP contribution is 2.36.